The van der Waals surface area contributed by atoms with Crippen LogP contribution in [-0.4, -0.2) is 11.5 Å². The van der Waals surface area contributed by atoms with E-state index in [1.165, 1.54) is 12.3 Å². The van der Waals surface area contributed by atoms with Gasteiger partial charge < -0.3 is 5.32 Å². The van der Waals surface area contributed by atoms with E-state index in [0.29, 0.717) is 10.9 Å². The number of para-hydroxylation sites is 1. The average Bonchev–Trinajstić information content (AvgIpc) is 2.53. The van der Waals surface area contributed by atoms with Gasteiger partial charge >= 0.3 is 6.18 Å². The number of nitrogens with one attached hydrogen (secondary N) is 1. The van der Waals surface area contributed by atoms with E-state index in [9.17, 15) is 13.2 Å². The number of nitrogens with zero attached hydrogens (tertiary/aromatic N) is 1. The molecule has 1 N–H and O–H groups in total. The summed E-state index contributed by atoms with van der Waals surface area (Å²) in [6, 6.07) is 14.6. The number of anilines is 1. The molecule has 0 aliphatic heterocycles. The minimum atomic E-state index is -4.43. The van der Waals surface area contributed by atoms with E-state index in [-0.39, 0.29) is 5.52 Å². The molecule has 0 saturated heterocycles. The van der Waals surface area contributed by atoms with Gasteiger partial charge in [-0.25, -0.2) is 0 Å². The predicted octanol–water partition coefficient (Wildman–Crippen LogP) is 5.15. The fourth-order valence-corrected chi connectivity index (χ4v) is 2.58. The van der Waals surface area contributed by atoms with Gasteiger partial charge in [0.2, 0.25) is 0 Å². The van der Waals surface area contributed by atoms with Crippen molar-refractivity contribution in [3.8, 4) is 11.1 Å². The molecule has 3 rings (SSSR count). The molecule has 3 aromatic rings. The topological polar surface area (TPSA) is 24.9 Å². The molecule has 1 heterocycles. The van der Waals surface area contributed by atoms with Crippen molar-refractivity contribution in [1.29, 1.82) is 0 Å². The summed E-state index contributed by atoms with van der Waals surface area (Å²) in [4.78, 5) is 3.90. The van der Waals surface area contributed by atoms with Crippen LogP contribution in [0.3, 0.4) is 0 Å². The third-order valence-corrected chi connectivity index (χ3v) is 3.55. The Hall–Kier alpha value is -2.56. The van der Waals surface area contributed by atoms with Crippen molar-refractivity contribution < 1.29 is 13.2 Å². The summed E-state index contributed by atoms with van der Waals surface area (Å²) >= 11 is 0. The molecule has 2 nitrogen and oxygen atoms in total. The quantitative estimate of drug-likeness (QED) is 0.723. The van der Waals surface area contributed by atoms with Crippen LogP contribution in [-0.2, 0) is 6.18 Å². The molecule has 0 amide bonds. The molecule has 23 heavy (non-hydrogen) atoms. The first-order chi connectivity index (χ1) is 11.0. The Balaban J connectivity index is 2.21. The van der Waals surface area contributed by atoms with Crippen molar-refractivity contribution in [2.75, 3.05) is 11.9 Å². The summed E-state index contributed by atoms with van der Waals surface area (Å²) in [7, 11) is 0. The maximum atomic E-state index is 13.2. The molecule has 0 saturated carbocycles. The van der Waals surface area contributed by atoms with Crippen LogP contribution in [0.1, 0.15) is 12.5 Å². The molecule has 2 aromatic carbocycles. The van der Waals surface area contributed by atoms with Gasteiger partial charge in [0.05, 0.1) is 11.1 Å². The van der Waals surface area contributed by atoms with Crippen molar-refractivity contribution in [2.24, 2.45) is 0 Å². The van der Waals surface area contributed by atoms with Gasteiger partial charge in [-0.3, -0.25) is 4.98 Å². The van der Waals surface area contributed by atoms with Crippen LogP contribution in [0.25, 0.3) is 22.0 Å². The van der Waals surface area contributed by atoms with Crippen LogP contribution < -0.4 is 5.32 Å². The number of fused-ring (bicyclic) bond motifs is 1. The van der Waals surface area contributed by atoms with Crippen LogP contribution >= 0.6 is 0 Å². The molecule has 0 aliphatic rings. The lowest BCUT2D eigenvalue weighted by molar-refractivity contribution is -0.136. The third-order valence-electron chi connectivity index (χ3n) is 3.55. The third kappa shape index (κ3) is 2.99. The highest BCUT2D eigenvalue weighted by molar-refractivity contribution is 5.96. The summed E-state index contributed by atoms with van der Waals surface area (Å²) in [5.41, 5.74) is 1.54. The van der Waals surface area contributed by atoms with Crippen molar-refractivity contribution in [3.05, 3.63) is 60.3 Å². The van der Waals surface area contributed by atoms with Crippen molar-refractivity contribution >= 4 is 16.6 Å². The Morgan fingerprint density at radius 2 is 1.91 bits per heavy atom. The van der Waals surface area contributed by atoms with Crippen LogP contribution in [0, 0.1) is 6.07 Å². The van der Waals surface area contributed by atoms with Crippen LogP contribution in [0.15, 0.2) is 48.7 Å². The highest BCUT2D eigenvalue weighted by atomic mass is 19.4. The zero-order valence-corrected chi connectivity index (χ0v) is 12.4. The monoisotopic (exact) mass is 315 g/mol. The van der Waals surface area contributed by atoms with Gasteiger partial charge in [-0.2, -0.15) is 13.2 Å². The zero-order chi connectivity index (χ0) is 16.4. The SMILES string of the molecule is CCNc1cccc(-c2[c]cnc3c(C(F)(F)F)cccc23)c1. The summed E-state index contributed by atoms with van der Waals surface area (Å²) in [6.45, 7) is 2.75. The fraction of sp³-hybridized carbons (Fsp3) is 0.167. The number of alkyl halides is 3. The molecule has 0 fully saturated rings. The Bertz CT molecular complexity index is 841. The number of hydrogen-bond donors (Lipinski definition) is 1. The second-order valence-electron chi connectivity index (χ2n) is 5.09. The molecule has 0 aliphatic carbocycles. The van der Waals surface area contributed by atoms with E-state index in [1.807, 2.05) is 31.2 Å². The maximum absolute atomic E-state index is 13.2. The number of halogens is 3. The Morgan fingerprint density at radius 3 is 2.65 bits per heavy atom. The van der Waals surface area contributed by atoms with Gasteiger partial charge in [-0.1, -0.05) is 24.3 Å². The van der Waals surface area contributed by atoms with E-state index >= 15 is 0 Å². The van der Waals surface area contributed by atoms with E-state index in [4.69, 9.17) is 0 Å². The van der Waals surface area contributed by atoms with Gasteiger partial charge in [0, 0.05) is 35.4 Å². The molecule has 1 radical (unpaired) electrons. The van der Waals surface area contributed by atoms with Crippen LogP contribution in [0.5, 0.6) is 0 Å². The smallest absolute Gasteiger partial charge is 0.385 e. The predicted molar refractivity (Wildman–Crippen MR) is 85.2 cm³/mol. The van der Waals surface area contributed by atoms with Crippen molar-refractivity contribution in [2.45, 2.75) is 13.1 Å². The first-order valence-electron chi connectivity index (χ1n) is 7.21. The second-order valence-corrected chi connectivity index (χ2v) is 5.09. The standard InChI is InChI=1S/C18H14F3N2/c1-2-22-13-6-3-5-12(11-13)14-9-10-23-17-15(14)7-4-8-16(17)18(19,20)21/h3-8,10-11,22H,2H2,1H3. The Kier molecular flexibility index (Phi) is 3.94. The number of benzene rings is 2. The zero-order valence-electron chi connectivity index (χ0n) is 12.4. The highest BCUT2D eigenvalue weighted by Crippen LogP contribution is 2.37. The Morgan fingerprint density at radius 1 is 1.13 bits per heavy atom. The number of aromatic nitrogens is 1. The molecule has 0 atom stereocenters. The minimum absolute atomic E-state index is 0.0531. The first-order valence-corrected chi connectivity index (χ1v) is 7.21. The van der Waals surface area contributed by atoms with Gasteiger partial charge in [-0.15, -0.1) is 0 Å². The molecule has 0 bridgehead atoms. The summed E-state index contributed by atoms with van der Waals surface area (Å²) in [5.74, 6) is 0. The molecule has 0 unspecified atom stereocenters. The summed E-state index contributed by atoms with van der Waals surface area (Å²) in [6.07, 6.45) is -3.14. The first kappa shape index (κ1) is 15.3. The minimum Gasteiger partial charge on any atom is -0.385 e. The fourth-order valence-electron chi connectivity index (χ4n) is 2.58. The summed E-state index contributed by atoms with van der Waals surface area (Å²) < 4.78 is 39.5. The van der Waals surface area contributed by atoms with Crippen molar-refractivity contribution in [3.63, 3.8) is 0 Å². The average molecular weight is 315 g/mol. The van der Waals surface area contributed by atoms with Gasteiger partial charge in [-0.05, 0) is 30.7 Å². The summed E-state index contributed by atoms with van der Waals surface area (Å²) in [5, 5.41) is 3.63. The van der Waals surface area contributed by atoms with Crippen molar-refractivity contribution in [1.82, 2.24) is 4.98 Å². The maximum Gasteiger partial charge on any atom is 0.418 e. The van der Waals surface area contributed by atoms with Gasteiger partial charge in [0.15, 0.2) is 0 Å². The van der Waals surface area contributed by atoms with E-state index in [1.54, 1.807) is 6.07 Å². The molecule has 0 spiro atoms. The van der Waals surface area contributed by atoms with Gasteiger partial charge in [0.1, 0.15) is 0 Å². The van der Waals surface area contributed by atoms with Gasteiger partial charge in [0.25, 0.3) is 0 Å². The Labute approximate surface area is 132 Å². The number of rotatable bonds is 3. The van der Waals surface area contributed by atoms with E-state index in [0.717, 1.165) is 23.9 Å². The largest absolute Gasteiger partial charge is 0.418 e. The number of pyridine rings is 1. The molecular formula is C18H14F3N2. The van der Waals surface area contributed by atoms with Crippen LogP contribution in [0.2, 0.25) is 0 Å². The van der Waals surface area contributed by atoms with E-state index < -0.39 is 11.7 Å². The lowest BCUT2D eigenvalue weighted by atomic mass is 9.99. The van der Waals surface area contributed by atoms with Crippen LogP contribution in [0.4, 0.5) is 18.9 Å². The lowest BCUT2D eigenvalue weighted by Crippen LogP contribution is -2.06. The van der Waals surface area contributed by atoms with E-state index in [2.05, 4.69) is 16.4 Å². The highest BCUT2D eigenvalue weighted by Gasteiger charge is 2.33. The molecule has 117 valence electrons. The second kappa shape index (κ2) is 5.91. The molecule has 1 aromatic heterocycles. The normalized spacial score (nSPS) is 11.7. The molecule has 5 heteroatoms. The number of hydrogen-bond acceptors (Lipinski definition) is 2. The lowest BCUT2D eigenvalue weighted by Gasteiger charge is -2.12. The molecular weight excluding hydrogens is 301 g/mol.